The molecule has 0 unspecified atom stereocenters. The van der Waals surface area contributed by atoms with Gasteiger partial charge in [0.05, 0.1) is 6.54 Å². The van der Waals surface area contributed by atoms with Crippen molar-refractivity contribution in [2.24, 2.45) is 0 Å². The molecule has 0 N–H and O–H groups in total. The minimum atomic E-state index is -1.59. The summed E-state index contributed by atoms with van der Waals surface area (Å²) in [6.45, 7) is 12.1. The van der Waals surface area contributed by atoms with Crippen LogP contribution in [0.15, 0.2) is 0 Å². The summed E-state index contributed by atoms with van der Waals surface area (Å²) in [4.78, 5) is 2.09. The normalized spacial score (nSPS) is 11.5. The molecule has 0 bridgehead atoms. The fourth-order valence-corrected chi connectivity index (χ4v) is 4.13. The lowest BCUT2D eigenvalue weighted by molar-refractivity contribution is 0.464. The van der Waals surface area contributed by atoms with Crippen molar-refractivity contribution in [1.82, 2.24) is 4.90 Å². The van der Waals surface area contributed by atoms with Crippen molar-refractivity contribution in [2.45, 2.75) is 32.7 Å². The first-order chi connectivity index (χ1) is 6.62. The lowest BCUT2D eigenvalue weighted by atomic mass is 10.6. The predicted octanol–water partition coefficient (Wildman–Crippen LogP) is 2.22. The average Bonchev–Trinajstić information content (AvgIpc) is 1.99. The van der Waals surface area contributed by atoms with Gasteiger partial charge in [-0.05, 0) is 27.2 Å². The molecule has 0 aromatic rings. The molecule has 0 fully saturated rings. The minimum absolute atomic E-state index is 0.838. The molecule has 0 saturated carbocycles. The third-order valence-electron chi connectivity index (χ3n) is 1.55. The van der Waals surface area contributed by atoms with E-state index in [1.165, 1.54) is 0 Å². The molecular formula is C12H23NSi2. The molecule has 0 radical (unpaired) electrons. The van der Waals surface area contributed by atoms with Crippen LogP contribution in [0.3, 0.4) is 0 Å². The molecule has 0 aliphatic heterocycles. The Morgan fingerprint density at radius 1 is 0.867 bits per heavy atom. The van der Waals surface area contributed by atoms with Gasteiger partial charge in [-0.25, -0.2) is 0 Å². The summed E-state index contributed by atoms with van der Waals surface area (Å²) in [5, 5.41) is 0. The van der Waals surface area contributed by atoms with Crippen molar-refractivity contribution in [3.63, 3.8) is 0 Å². The van der Waals surface area contributed by atoms with Gasteiger partial charge in [0.25, 0.3) is 0 Å². The fourth-order valence-electron chi connectivity index (χ4n) is 0.794. The topological polar surface area (TPSA) is 3.24 Å². The fraction of sp³-hybridized carbons (Fsp3) is 0.667. The zero-order valence-corrected chi connectivity index (χ0v) is 13.2. The molecule has 0 aromatic heterocycles. The van der Waals surface area contributed by atoms with Gasteiger partial charge in [-0.3, -0.25) is 4.90 Å². The van der Waals surface area contributed by atoms with Gasteiger partial charge in [0.15, 0.2) is 0 Å². The van der Waals surface area contributed by atoms with Crippen molar-refractivity contribution >= 4 is 16.1 Å². The maximum absolute atomic E-state index is 3.43. The molecule has 0 heterocycles. The van der Waals surface area contributed by atoms with E-state index in [4.69, 9.17) is 0 Å². The molecule has 0 aromatic carbocycles. The van der Waals surface area contributed by atoms with Gasteiger partial charge >= 0.3 is 0 Å². The summed E-state index contributed by atoms with van der Waals surface area (Å²) in [6.07, 6.45) is 0. The van der Waals surface area contributed by atoms with Crippen LogP contribution in [-0.4, -0.2) is 41.7 Å². The minimum Gasteiger partial charge on any atom is -0.299 e. The first-order valence-corrected chi connectivity index (χ1v) is 11.8. The Morgan fingerprint density at radius 2 is 1.40 bits per heavy atom. The van der Waals surface area contributed by atoms with Crippen molar-refractivity contribution < 1.29 is 0 Å². The van der Waals surface area contributed by atoms with Crippen molar-refractivity contribution in [2.75, 3.05) is 20.6 Å². The summed E-state index contributed by atoms with van der Waals surface area (Å²) in [5.41, 5.74) is 10.2. The van der Waals surface area contributed by atoms with E-state index in [1.807, 2.05) is 14.1 Å². The summed E-state index contributed by atoms with van der Waals surface area (Å²) in [6, 6.07) is 0. The molecule has 15 heavy (non-hydrogen) atoms. The molecule has 0 amide bonds. The molecule has 1 nitrogen and oxygen atoms in total. The maximum Gasteiger partial charge on any atom is 0.210 e. The van der Waals surface area contributed by atoms with E-state index in [9.17, 15) is 0 Å². The second kappa shape index (κ2) is 5.56. The molecule has 0 atom stereocenters. The predicted molar refractivity (Wildman–Crippen MR) is 74.9 cm³/mol. The summed E-state index contributed by atoms with van der Waals surface area (Å²) in [5.74, 6) is 3.21. The Hall–Kier alpha value is -0.486. The maximum atomic E-state index is 3.43. The Kier molecular flexibility index (Phi) is 5.38. The van der Waals surface area contributed by atoms with E-state index in [0.29, 0.717) is 0 Å². The number of nitrogens with zero attached hydrogens (tertiary/aromatic N) is 1. The molecule has 0 rings (SSSR count). The van der Waals surface area contributed by atoms with Crippen LogP contribution in [0.5, 0.6) is 0 Å². The highest BCUT2D eigenvalue weighted by Gasteiger charge is 2.16. The van der Waals surface area contributed by atoms with E-state index < -0.39 is 16.1 Å². The highest BCUT2D eigenvalue weighted by atomic mass is 28.3. The van der Waals surface area contributed by atoms with Gasteiger partial charge in [-0.15, -0.1) is 16.6 Å². The summed E-state index contributed by atoms with van der Waals surface area (Å²) in [7, 11) is 1.25. The van der Waals surface area contributed by atoms with Crippen LogP contribution in [0.4, 0.5) is 0 Å². The molecule has 3 heteroatoms. The van der Waals surface area contributed by atoms with Gasteiger partial charge in [-0.1, -0.05) is 25.6 Å². The van der Waals surface area contributed by atoms with Crippen molar-refractivity contribution in [1.29, 1.82) is 0 Å². The van der Waals surface area contributed by atoms with E-state index >= 15 is 0 Å². The smallest absolute Gasteiger partial charge is 0.210 e. The molecule has 0 spiro atoms. The first-order valence-electron chi connectivity index (χ1n) is 5.31. The second-order valence-corrected chi connectivity index (χ2v) is 14.2. The van der Waals surface area contributed by atoms with Crippen LogP contribution in [-0.2, 0) is 0 Å². The third-order valence-corrected chi connectivity index (χ3v) is 4.22. The largest absolute Gasteiger partial charge is 0.299 e. The quantitative estimate of drug-likeness (QED) is 0.499. The first kappa shape index (κ1) is 14.5. The zero-order valence-electron chi connectivity index (χ0n) is 11.2. The standard InChI is InChI=1S/C12H23NSi2/c1-13(2)9-8-10-15(6,7)12-11-14(3,4)5/h9H2,1-7H3. The van der Waals surface area contributed by atoms with Gasteiger partial charge in [0.1, 0.15) is 8.07 Å². The van der Waals surface area contributed by atoms with Crippen LogP contribution in [0.2, 0.25) is 32.7 Å². The highest BCUT2D eigenvalue weighted by molar-refractivity contribution is 6.94. The van der Waals surface area contributed by atoms with Gasteiger partial charge in [0.2, 0.25) is 8.07 Å². The average molecular weight is 237 g/mol. The summed E-state index contributed by atoms with van der Waals surface area (Å²) < 4.78 is 0. The zero-order chi connectivity index (χ0) is 12.1. The Balaban J connectivity index is 4.52. The molecule has 0 aliphatic carbocycles. The summed E-state index contributed by atoms with van der Waals surface area (Å²) >= 11 is 0. The van der Waals surface area contributed by atoms with Gasteiger partial charge in [-0.2, -0.15) is 0 Å². The highest BCUT2D eigenvalue weighted by Crippen LogP contribution is 2.01. The number of hydrogen-bond acceptors (Lipinski definition) is 1. The van der Waals surface area contributed by atoms with E-state index in [1.54, 1.807) is 0 Å². The lowest BCUT2D eigenvalue weighted by Crippen LogP contribution is -2.25. The molecule has 0 saturated heterocycles. The van der Waals surface area contributed by atoms with Crippen LogP contribution in [0.25, 0.3) is 0 Å². The molecule has 0 aliphatic rings. The molecular weight excluding hydrogens is 214 g/mol. The van der Waals surface area contributed by atoms with Crippen LogP contribution < -0.4 is 0 Å². The van der Waals surface area contributed by atoms with E-state index in [-0.39, 0.29) is 0 Å². The van der Waals surface area contributed by atoms with Crippen LogP contribution in [0.1, 0.15) is 0 Å². The van der Waals surface area contributed by atoms with E-state index in [0.717, 1.165) is 6.54 Å². The van der Waals surface area contributed by atoms with E-state index in [2.05, 4.69) is 60.2 Å². The van der Waals surface area contributed by atoms with Crippen LogP contribution in [0, 0.1) is 22.6 Å². The second-order valence-electron chi connectivity index (χ2n) is 5.66. The monoisotopic (exact) mass is 237 g/mol. The molecule has 84 valence electrons. The Labute approximate surface area is 97.3 Å². The van der Waals surface area contributed by atoms with Gasteiger partial charge < -0.3 is 0 Å². The van der Waals surface area contributed by atoms with Gasteiger partial charge in [0, 0.05) is 0 Å². The third kappa shape index (κ3) is 9.81. The lowest BCUT2D eigenvalue weighted by Gasteiger charge is -2.09. The number of hydrogen-bond donors (Lipinski definition) is 0. The number of rotatable bonds is 1. The van der Waals surface area contributed by atoms with Crippen molar-refractivity contribution in [3.8, 4) is 22.6 Å². The van der Waals surface area contributed by atoms with Crippen LogP contribution >= 0.6 is 0 Å². The van der Waals surface area contributed by atoms with Crippen molar-refractivity contribution in [3.05, 3.63) is 0 Å². The Bertz CT molecular complexity index is 315. The Morgan fingerprint density at radius 3 is 1.80 bits per heavy atom. The SMILES string of the molecule is CN(C)CC#C[Si](C)(C)C#C[Si](C)(C)C.